The lowest BCUT2D eigenvalue weighted by Gasteiger charge is -2.30. The second-order valence-corrected chi connectivity index (χ2v) is 6.08. The van der Waals surface area contributed by atoms with Gasteiger partial charge in [0.15, 0.2) is 0 Å². The second kappa shape index (κ2) is 7.66. The third-order valence-electron chi connectivity index (χ3n) is 4.54. The van der Waals surface area contributed by atoms with Gasteiger partial charge in [-0.3, -0.25) is 9.59 Å². The van der Waals surface area contributed by atoms with Crippen molar-refractivity contribution in [3.05, 3.63) is 0 Å². The van der Waals surface area contributed by atoms with Crippen LogP contribution in [0.4, 0.5) is 0 Å². The number of amides is 1. The van der Waals surface area contributed by atoms with Gasteiger partial charge in [0.25, 0.3) is 0 Å². The summed E-state index contributed by atoms with van der Waals surface area (Å²) in [7, 11) is 0. The fraction of sp³-hybridized carbons (Fsp3) is 0.875. The van der Waals surface area contributed by atoms with Crippen LogP contribution in [0.3, 0.4) is 0 Å². The number of nitrogens with zero attached hydrogens (tertiary/aromatic N) is 1. The maximum Gasteiger partial charge on any atom is 0.222 e. The van der Waals surface area contributed by atoms with Crippen LogP contribution in [0.5, 0.6) is 0 Å². The van der Waals surface area contributed by atoms with E-state index in [1.165, 1.54) is 38.5 Å². The number of hydrogen-bond donors (Lipinski definition) is 0. The first kappa shape index (κ1) is 14.5. The van der Waals surface area contributed by atoms with E-state index in [1.807, 2.05) is 0 Å². The molecule has 19 heavy (non-hydrogen) atoms. The molecule has 108 valence electrons. The van der Waals surface area contributed by atoms with E-state index >= 15 is 0 Å². The summed E-state index contributed by atoms with van der Waals surface area (Å²) in [4.78, 5) is 24.0. The van der Waals surface area contributed by atoms with Crippen LogP contribution >= 0.6 is 0 Å². The minimum Gasteiger partial charge on any atom is -0.340 e. The molecule has 0 radical (unpaired) electrons. The number of rotatable bonds is 1. The summed E-state index contributed by atoms with van der Waals surface area (Å²) in [6, 6.07) is 0.605. The van der Waals surface area contributed by atoms with Gasteiger partial charge in [0.2, 0.25) is 5.91 Å². The molecule has 1 saturated heterocycles. The average Bonchev–Trinajstić information content (AvgIpc) is 2.88. The molecule has 3 aliphatic rings. The number of Topliss-reactive ketones (excluding diaryl/α,β-unsaturated/α-hetero) is 1. The van der Waals surface area contributed by atoms with Crippen LogP contribution in [-0.4, -0.2) is 29.2 Å². The lowest BCUT2D eigenvalue weighted by Crippen LogP contribution is -2.37. The van der Waals surface area contributed by atoms with Crippen LogP contribution in [0, 0.1) is 0 Å². The Labute approximate surface area is 116 Å². The molecule has 3 fully saturated rings. The van der Waals surface area contributed by atoms with Crippen molar-refractivity contribution in [2.24, 2.45) is 0 Å². The molecule has 3 rings (SSSR count). The summed E-state index contributed by atoms with van der Waals surface area (Å²) in [6.45, 7) is 1.03. The molecule has 0 aromatic carbocycles. The van der Waals surface area contributed by atoms with E-state index in [1.54, 1.807) is 0 Å². The third kappa shape index (κ3) is 4.63. The van der Waals surface area contributed by atoms with Gasteiger partial charge in [0, 0.05) is 31.8 Å². The molecule has 1 amide bonds. The van der Waals surface area contributed by atoms with E-state index in [-0.39, 0.29) is 0 Å². The molecule has 0 N–H and O–H groups in total. The van der Waals surface area contributed by atoms with E-state index in [0.717, 1.165) is 45.1 Å². The molecule has 3 heteroatoms. The normalized spacial score (nSPS) is 25.2. The molecular formula is C16H27NO2. The highest BCUT2D eigenvalue weighted by molar-refractivity contribution is 5.79. The van der Waals surface area contributed by atoms with Crippen molar-refractivity contribution in [3.8, 4) is 0 Å². The predicted molar refractivity (Wildman–Crippen MR) is 75.9 cm³/mol. The molecule has 1 heterocycles. The molecular weight excluding hydrogens is 238 g/mol. The van der Waals surface area contributed by atoms with E-state index in [9.17, 15) is 9.59 Å². The van der Waals surface area contributed by atoms with Crippen LogP contribution in [0.1, 0.15) is 77.0 Å². The van der Waals surface area contributed by atoms with Gasteiger partial charge in [-0.05, 0) is 32.1 Å². The van der Waals surface area contributed by atoms with Crippen LogP contribution < -0.4 is 0 Å². The topological polar surface area (TPSA) is 37.4 Å². The average molecular weight is 265 g/mol. The predicted octanol–water partition coefficient (Wildman–Crippen LogP) is 3.46. The first-order valence-electron chi connectivity index (χ1n) is 8.08. The summed E-state index contributed by atoms with van der Waals surface area (Å²) >= 11 is 0. The molecule has 0 unspecified atom stereocenters. The maximum atomic E-state index is 11.4. The summed E-state index contributed by atoms with van der Waals surface area (Å²) in [5.74, 6) is 0.869. The maximum absolute atomic E-state index is 11.4. The van der Waals surface area contributed by atoms with Crippen LogP contribution in [0.15, 0.2) is 0 Å². The Hall–Kier alpha value is -0.860. The van der Waals surface area contributed by atoms with Crippen molar-refractivity contribution in [1.82, 2.24) is 4.90 Å². The Morgan fingerprint density at radius 1 is 0.737 bits per heavy atom. The monoisotopic (exact) mass is 265 g/mol. The number of carbonyl (C=O) groups excluding carboxylic acids is 2. The van der Waals surface area contributed by atoms with Gasteiger partial charge >= 0.3 is 0 Å². The van der Waals surface area contributed by atoms with Crippen molar-refractivity contribution in [1.29, 1.82) is 0 Å². The first-order valence-corrected chi connectivity index (χ1v) is 8.08. The molecule has 0 spiro atoms. The minimum atomic E-state index is 0.405. The SMILES string of the molecule is O=C1CCCCC1.O=C1CCCN1C1CCCCC1. The van der Waals surface area contributed by atoms with Crippen molar-refractivity contribution in [3.63, 3.8) is 0 Å². The van der Waals surface area contributed by atoms with E-state index in [2.05, 4.69) is 4.90 Å². The van der Waals surface area contributed by atoms with Gasteiger partial charge in [-0.15, -0.1) is 0 Å². The standard InChI is InChI=1S/C10H17NO.C6H10O/c12-10-7-4-8-11(10)9-5-2-1-3-6-9;7-6-4-2-1-3-5-6/h9H,1-8H2;1-5H2. The Bertz CT molecular complexity index is 300. The van der Waals surface area contributed by atoms with Crippen molar-refractivity contribution in [2.45, 2.75) is 83.1 Å². The van der Waals surface area contributed by atoms with Gasteiger partial charge in [-0.1, -0.05) is 25.7 Å². The zero-order chi connectivity index (χ0) is 13.5. The van der Waals surface area contributed by atoms with E-state index in [4.69, 9.17) is 0 Å². The van der Waals surface area contributed by atoms with Crippen LogP contribution in [0.2, 0.25) is 0 Å². The number of ketones is 1. The lowest BCUT2D eigenvalue weighted by molar-refractivity contribution is -0.130. The van der Waals surface area contributed by atoms with Gasteiger partial charge < -0.3 is 4.90 Å². The molecule has 2 saturated carbocycles. The minimum absolute atomic E-state index is 0.405. The van der Waals surface area contributed by atoms with Crippen molar-refractivity contribution < 1.29 is 9.59 Å². The highest BCUT2D eigenvalue weighted by atomic mass is 16.2. The summed E-state index contributed by atoms with van der Waals surface area (Å²) in [5, 5.41) is 0. The number of hydrogen-bond acceptors (Lipinski definition) is 2. The molecule has 0 aromatic rings. The van der Waals surface area contributed by atoms with Crippen LogP contribution in [0.25, 0.3) is 0 Å². The Morgan fingerprint density at radius 3 is 1.84 bits per heavy atom. The Balaban J connectivity index is 0.000000163. The number of likely N-dealkylation sites (tertiary alicyclic amines) is 1. The molecule has 3 nitrogen and oxygen atoms in total. The smallest absolute Gasteiger partial charge is 0.222 e. The second-order valence-electron chi connectivity index (χ2n) is 6.08. The summed E-state index contributed by atoms with van der Waals surface area (Å²) in [6.07, 6.45) is 13.7. The Kier molecular flexibility index (Phi) is 5.87. The zero-order valence-electron chi connectivity index (χ0n) is 12.0. The number of carbonyl (C=O) groups is 2. The molecule has 1 aliphatic heterocycles. The largest absolute Gasteiger partial charge is 0.340 e. The van der Waals surface area contributed by atoms with E-state index < -0.39 is 0 Å². The molecule has 0 aromatic heterocycles. The molecule has 2 aliphatic carbocycles. The highest BCUT2D eigenvalue weighted by Crippen LogP contribution is 2.25. The van der Waals surface area contributed by atoms with E-state index in [0.29, 0.717) is 17.7 Å². The fourth-order valence-electron chi connectivity index (χ4n) is 3.39. The van der Waals surface area contributed by atoms with Gasteiger partial charge in [-0.25, -0.2) is 0 Å². The van der Waals surface area contributed by atoms with Crippen molar-refractivity contribution in [2.75, 3.05) is 6.54 Å². The highest BCUT2D eigenvalue weighted by Gasteiger charge is 2.28. The molecule has 0 atom stereocenters. The summed E-state index contributed by atoms with van der Waals surface area (Å²) < 4.78 is 0. The van der Waals surface area contributed by atoms with Crippen molar-refractivity contribution >= 4 is 11.7 Å². The zero-order valence-corrected chi connectivity index (χ0v) is 12.0. The third-order valence-corrected chi connectivity index (χ3v) is 4.54. The van der Waals surface area contributed by atoms with Gasteiger partial charge in [0.1, 0.15) is 5.78 Å². The quantitative estimate of drug-likeness (QED) is 0.728. The Morgan fingerprint density at radius 2 is 1.37 bits per heavy atom. The lowest BCUT2D eigenvalue weighted by atomic mass is 9.94. The van der Waals surface area contributed by atoms with Gasteiger partial charge in [-0.2, -0.15) is 0 Å². The molecule has 0 bridgehead atoms. The fourth-order valence-corrected chi connectivity index (χ4v) is 3.39. The van der Waals surface area contributed by atoms with Gasteiger partial charge in [0.05, 0.1) is 0 Å². The van der Waals surface area contributed by atoms with Crippen LogP contribution in [-0.2, 0) is 9.59 Å². The summed E-state index contributed by atoms with van der Waals surface area (Å²) in [5.41, 5.74) is 0. The first-order chi connectivity index (χ1) is 9.27.